The van der Waals surface area contributed by atoms with E-state index in [0.29, 0.717) is 31.7 Å². The Kier molecular flexibility index (Phi) is 16.9. The first-order valence-electron chi connectivity index (χ1n) is 27.4. The summed E-state index contributed by atoms with van der Waals surface area (Å²) in [5.74, 6) is 1.55. The summed E-state index contributed by atoms with van der Waals surface area (Å²) in [6.45, 7) is 4.82. The molecule has 0 amide bonds. The lowest BCUT2D eigenvalue weighted by Gasteiger charge is -2.44. The van der Waals surface area contributed by atoms with E-state index in [2.05, 4.69) is 60.7 Å². The Morgan fingerprint density at radius 3 is 2.06 bits per heavy atom. The number of aromatic amines is 1. The molecule has 6 fully saturated rings. The van der Waals surface area contributed by atoms with E-state index in [1.807, 2.05) is 30.5 Å². The van der Waals surface area contributed by atoms with Crippen LogP contribution in [0.3, 0.4) is 0 Å². The Morgan fingerprint density at radius 1 is 0.684 bits per heavy atom. The molecule has 1 saturated carbocycles. The maximum atomic E-state index is 12.0. The average molecular weight is 1110 g/mol. The number of anilines is 1. The van der Waals surface area contributed by atoms with Crippen LogP contribution < -0.4 is 38.3 Å². The molecule has 5 aromatic rings. The van der Waals surface area contributed by atoms with Crippen LogP contribution in [0.2, 0.25) is 0 Å². The first-order chi connectivity index (χ1) is 38.2. The van der Waals surface area contributed by atoms with Crippen LogP contribution in [0, 0.1) is 0 Å². The van der Waals surface area contributed by atoms with Gasteiger partial charge in [0.05, 0.1) is 59.7 Å². The van der Waals surface area contributed by atoms with Crippen LogP contribution in [-0.4, -0.2) is 249 Å². The lowest BCUT2D eigenvalue weighted by Crippen LogP contribution is -2.66. The van der Waals surface area contributed by atoms with Gasteiger partial charge in [0.2, 0.25) is 0 Å². The van der Waals surface area contributed by atoms with Crippen LogP contribution in [0.5, 0.6) is 5.75 Å². The molecule has 17 N–H and O–H groups in total. The monoisotopic (exact) mass is 1100 g/mol. The molecule has 6 aliphatic rings. The quantitative estimate of drug-likeness (QED) is 0.0257. The van der Waals surface area contributed by atoms with Crippen molar-refractivity contribution in [1.82, 2.24) is 49.8 Å². The summed E-state index contributed by atoms with van der Waals surface area (Å²) in [6.07, 6.45) is -10.3. The third-order valence-corrected chi connectivity index (χ3v) is 16.5. The number of hydrogen-bond acceptors (Lipinski definition) is 25. The highest BCUT2D eigenvalue weighted by atomic mass is 16.7. The van der Waals surface area contributed by atoms with Crippen LogP contribution in [0.25, 0.3) is 22.4 Å². The first-order valence-corrected chi connectivity index (χ1v) is 27.4. The number of ether oxygens (including phenoxy) is 6. The van der Waals surface area contributed by atoms with Gasteiger partial charge < -0.3 is 103 Å². The second kappa shape index (κ2) is 23.9. The van der Waals surface area contributed by atoms with Crippen molar-refractivity contribution in [2.75, 3.05) is 57.8 Å². The van der Waals surface area contributed by atoms with E-state index in [1.54, 1.807) is 20.5 Å². The van der Waals surface area contributed by atoms with Gasteiger partial charge in [-0.3, -0.25) is 4.90 Å². The van der Waals surface area contributed by atoms with E-state index in [1.165, 1.54) is 5.69 Å². The fraction of sp³-hybridized carbons (Fsp3) is 0.667. The molecule has 9 unspecified atom stereocenters. The van der Waals surface area contributed by atoms with Crippen molar-refractivity contribution in [3.05, 3.63) is 66.2 Å². The summed E-state index contributed by atoms with van der Waals surface area (Å²) in [7, 11) is 2.16. The molecule has 28 nitrogen and oxygen atoms in total. The summed E-state index contributed by atoms with van der Waals surface area (Å²) in [5, 5.41) is 84.0. The van der Waals surface area contributed by atoms with Crippen molar-refractivity contribution in [3.63, 3.8) is 0 Å². The number of H-pyrrole nitrogens is 1. The molecular formula is C51H76N16O12. The number of nitrogens with zero attached hydrogens (tertiary/aromatic N) is 10. The summed E-state index contributed by atoms with van der Waals surface area (Å²) in [6, 6.07) is 10.0. The van der Waals surface area contributed by atoms with E-state index in [0.717, 1.165) is 72.9 Å². The minimum Gasteiger partial charge on any atom is -0.492 e. The molecule has 0 bridgehead atoms. The van der Waals surface area contributed by atoms with Gasteiger partial charge in [0.15, 0.2) is 12.6 Å². The second-order valence-corrected chi connectivity index (χ2v) is 21.9. The van der Waals surface area contributed by atoms with Gasteiger partial charge >= 0.3 is 0 Å². The number of nitrogens with two attached hydrogens (primary N) is 5. The van der Waals surface area contributed by atoms with Gasteiger partial charge in [0, 0.05) is 75.0 Å². The molecule has 5 aliphatic heterocycles. The van der Waals surface area contributed by atoms with E-state index in [9.17, 15) is 30.6 Å². The van der Waals surface area contributed by atoms with Gasteiger partial charge in [-0.05, 0) is 81.6 Å². The number of unbranched alkanes of at least 4 members (excludes halogenated alkanes) is 1. The summed E-state index contributed by atoms with van der Waals surface area (Å²) in [5.41, 5.74) is 36.7. The number of aliphatic hydroxyl groups is 6. The molecule has 432 valence electrons. The van der Waals surface area contributed by atoms with Gasteiger partial charge in [-0.15, -0.1) is 10.2 Å². The molecule has 11 rings (SSSR count). The number of fused-ring (bicyclic) bond motifs is 2. The van der Waals surface area contributed by atoms with Crippen molar-refractivity contribution in [1.29, 1.82) is 0 Å². The van der Waals surface area contributed by atoms with Crippen molar-refractivity contribution in [2.45, 2.75) is 161 Å². The SMILES string of the molecule is CN1CCN(c2ccc3nc(-c4ccc(OCCn5cc(CCCCc6cn(CC7OC(OC8[C@H](N9C%10[C@@H](O)[C@H](O)C(CN)O[C@@H]%109)C(N)C[C@@H](N)[C@H]8O)[C@@H](O)[C@H]7O[C@H]7O[C@@H](CN)[C@@H](O)C(O)C7N)nn6)nn5)cc4)[nH]c3c2)CC1. The Morgan fingerprint density at radius 2 is 1.34 bits per heavy atom. The zero-order valence-electron chi connectivity index (χ0n) is 44.1. The summed E-state index contributed by atoms with van der Waals surface area (Å²) >= 11 is 0. The van der Waals surface area contributed by atoms with Crippen molar-refractivity contribution in [3.8, 4) is 17.1 Å². The highest BCUT2D eigenvalue weighted by Crippen LogP contribution is 2.46. The van der Waals surface area contributed by atoms with Crippen LogP contribution in [0.1, 0.15) is 30.7 Å². The van der Waals surface area contributed by atoms with Gasteiger partial charge in [-0.1, -0.05) is 10.4 Å². The second-order valence-electron chi connectivity index (χ2n) is 21.9. The third kappa shape index (κ3) is 11.8. The minimum absolute atomic E-state index is 0.00850. The Hall–Kier alpha value is -4.93. The number of rotatable bonds is 20. The van der Waals surface area contributed by atoms with E-state index < -0.39 is 116 Å². The minimum atomic E-state index is -1.56. The average Bonchev–Trinajstić information content (AvgIpc) is 4.13. The molecular weight excluding hydrogens is 1030 g/mol. The molecule has 79 heavy (non-hydrogen) atoms. The molecule has 28 heteroatoms. The molecule has 20 atom stereocenters. The van der Waals surface area contributed by atoms with Gasteiger partial charge in [-0.2, -0.15) is 0 Å². The standard InChI is InChI=1S/C51H76N16O12/c1-63-12-14-64(15-13-63)28-8-11-32-33(18-28)58-48(57-32)25-6-9-29(10-7-25)74-17-16-65-22-26(59-61-65)4-2-3-5-27-23-66(62-60-27)24-36-46(78-50-37(56)43(71)41(69)35(21-53)76-50)45(73)51(77-36)79-47-38(30(54)19-31(55)40(47)68)67-39-44(72)42(70)34(20-52)75-49(39)67/h6-11,18,22-23,30-31,34-47,49-51,68-73H,2-5,12-17,19-21,24,52-56H2,1H3,(H,57,58)/t30?,31-,34?,35+,36?,37?,38-,39?,40-,41-,42-,43?,44-,45+,46+,47?,49+,50-,51?,67?/m1/s1. The van der Waals surface area contributed by atoms with E-state index in [4.69, 9.17) is 62.1 Å². The number of piperazine rings is 1. The predicted octanol–water partition coefficient (Wildman–Crippen LogP) is -4.72. The lowest BCUT2D eigenvalue weighted by molar-refractivity contribution is -0.280. The number of likely N-dealkylation sites (N-methyl/N-ethyl adjacent to an activating group) is 1. The largest absolute Gasteiger partial charge is 0.492 e. The number of aryl methyl sites for hydroxylation is 2. The highest BCUT2D eigenvalue weighted by Gasteiger charge is 2.66. The van der Waals surface area contributed by atoms with Crippen molar-refractivity contribution >= 4 is 16.7 Å². The molecule has 1 aliphatic carbocycles. The predicted molar refractivity (Wildman–Crippen MR) is 281 cm³/mol. The fourth-order valence-corrected chi connectivity index (χ4v) is 11.8. The summed E-state index contributed by atoms with van der Waals surface area (Å²) in [4.78, 5) is 14.8. The third-order valence-electron chi connectivity index (χ3n) is 16.5. The highest BCUT2D eigenvalue weighted by molar-refractivity contribution is 5.83. The number of hydrogen-bond donors (Lipinski definition) is 12. The molecule has 2 aromatic carbocycles. The topological polar surface area (TPSA) is 406 Å². The van der Waals surface area contributed by atoms with Gasteiger partial charge in [-0.25, -0.2) is 14.3 Å². The van der Waals surface area contributed by atoms with Gasteiger partial charge in [0.1, 0.15) is 85.4 Å². The zero-order chi connectivity index (χ0) is 55.2. The number of aliphatic hydroxyl groups excluding tert-OH is 6. The normalized spacial score (nSPS) is 36.9. The van der Waals surface area contributed by atoms with Crippen molar-refractivity contribution < 1.29 is 59.1 Å². The Balaban J connectivity index is 0.673. The summed E-state index contributed by atoms with van der Waals surface area (Å²) < 4.78 is 40.4. The number of benzene rings is 2. The molecule has 0 spiro atoms. The molecule has 3 aromatic heterocycles. The number of imidazole rings is 1. The smallest absolute Gasteiger partial charge is 0.187 e. The maximum absolute atomic E-state index is 12.0. The van der Waals surface area contributed by atoms with Crippen LogP contribution >= 0.6 is 0 Å². The number of nitrogens with one attached hydrogen (secondary N) is 1. The van der Waals surface area contributed by atoms with Crippen molar-refractivity contribution in [2.24, 2.45) is 28.7 Å². The van der Waals surface area contributed by atoms with Gasteiger partial charge in [0.25, 0.3) is 0 Å². The van der Waals surface area contributed by atoms with Crippen LogP contribution in [-0.2, 0) is 49.6 Å². The Bertz CT molecular complexity index is 2780. The maximum Gasteiger partial charge on any atom is 0.187 e. The molecule has 0 radical (unpaired) electrons. The lowest BCUT2D eigenvalue weighted by atomic mass is 9.82. The molecule has 8 heterocycles. The fourth-order valence-electron chi connectivity index (χ4n) is 11.8. The van der Waals surface area contributed by atoms with Crippen LogP contribution in [0.4, 0.5) is 5.69 Å². The molecule has 5 saturated heterocycles. The first kappa shape index (κ1) is 56.0. The zero-order valence-corrected chi connectivity index (χ0v) is 44.1. The van der Waals surface area contributed by atoms with Crippen LogP contribution in [0.15, 0.2) is 54.9 Å². The Labute approximate surface area is 455 Å². The van der Waals surface area contributed by atoms with E-state index in [-0.39, 0.29) is 26.1 Å². The van der Waals surface area contributed by atoms with E-state index >= 15 is 0 Å². The number of aromatic nitrogens is 8.